The first-order chi connectivity index (χ1) is 13.0. The predicted octanol–water partition coefficient (Wildman–Crippen LogP) is 3.26. The van der Waals surface area contributed by atoms with E-state index < -0.39 is 0 Å². The molecule has 3 aromatic rings. The number of carbonyl (C=O) groups is 1. The van der Waals surface area contributed by atoms with Crippen molar-refractivity contribution < 1.29 is 4.79 Å². The number of fused-ring (bicyclic) bond motifs is 1. The molecule has 0 radical (unpaired) electrons. The molecule has 2 aromatic carbocycles. The number of H-pyrrole nitrogens is 1. The van der Waals surface area contributed by atoms with Gasteiger partial charge >= 0.3 is 0 Å². The Labute approximate surface area is 158 Å². The van der Waals surface area contributed by atoms with Gasteiger partial charge in [-0.1, -0.05) is 30.3 Å². The van der Waals surface area contributed by atoms with E-state index in [-0.39, 0.29) is 11.5 Å². The second-order valence-electron chi connectivity index (χ2n) is 6.84. The summed E-state index contributed by atoms with van der Waals surface area (Å²) in [6.07, 6.45) is 2.35. The minimum absolute atomic E-state index is 0.00481. The maximum atomic E-state index is 12.2. The first-order valence-electron chi connectivity index (χ1n) is 9.07. The lowest BCUT2D eigenvalue weighted by Crippen LogP contribution is -2.15. The van der Waals surface area contributed by atoms with E-state index in [1.54, 1.807) is 6.07 Å². The number of aromatic nitrogens is 2. The van der Waals surface area contributed by atoms with Gasteiger partial charge in [-0.15, -0.1) is 0 Å². The highest BCUT2D eigenvalue weighted by atomic mass is 16.1. The summed E-state index contributed by atoms with van der Waals surface area (Å²) in [5.41, 5.74) is 2.04. The molecule has 0 spiro atoms. The summed E-state index contributed by atoms with van der Waals surface area (Å²) < 4.78 is 0. The van der Waals surface area contributed by atoms with Crippen molar-refractivity contribution >= 4 is 22.4 Å². The maximum absolute atomic E-state index is 12.2. The largest absolute Gasteiger partial charge is 0.326 e. The van der Waals surface area contributed by atoms with Gasteiger partial charge in [0.25, 0.3) is 5.56 Å². The number of carbonyl (C=O) groups excluding carboxylic acids is 1. The van der Waals surface area contributed by atoms with Crippen LogP contribution in [0.4, 0.5) is 5.69 Å². The second kappa shape index (κ2) is 8.60. The van der Waals surface area contributed by atoms with Crippen LogP contribution in [-0.4, -0.2) is 41.6 Å². The molecule has 0 saturated heterocycles. The van der Waals surface area contributed by atoms with Crippen LogP contribution in [0, 0.1) is 0 Å². The number of aromatic amines is 1. The molecule has 1 amide bonds. The van der Waals surface area contributed by atoms with Crippen molar-refractivity contribution in [1.29, 1.82) is 0 Å². The molecule has 0 aliphatic rings. The van der Waals surface area contributed by atoms with Crippen LogP contribution in [0.1, 0.15) is 19.3 Å². The van der Waals surface area contributed by atoms with Crippen molar-refractivity contribution in [3.8, 4) is 11.3 Å². The van der Waals surface area contributed by atoms with Gasteiger partial charge in [-0.3, -0.25) is 9.59 Å². The van der Waals surface area contributed by atoms with Crippen LogP contribution < -0.4 is 10.9 Å². The lowest BCUT2D eigenvalue weighted by Gasteiger charge is -2.10. The number of amides is 1. The highest BCUT2D eigenvalue weighted by molar-refractivity contribution is 5.95. The third-order valence-corrected chi connectivity index (χ3v) is 4.37. The molecule has 0 aliphatic carbocycles. The molecule has 0 saturated carbocycles. The molecule has 6 heteroatoms. The summed E-state index contributed by atoms with van der Waals surface area (Å²) in [7, 11) is 4.06. The Morgan fingerprint density at radius 2 is 1.85 bits per heavy atom. The van der Waals surface area contributed by atoms with Gasteiger partial charge in [-0.25, -0.2) is 5.10 Å². The molecule has 27 heavy (non-hydrogen) atoms. The molecular weight excluding hydrogens is 340 g/mol. The Kier molecular flexibility index (Phi) is 5.98. The van der Waals surface area contributed by atoms with Gasteiger partial charge < -0.3 is 10.2 Å². The molecule has 2 N–H and O–H groups in total. The van der Waals surface area contributed by atoms with Gasteiger partial charge in [-0.05, 0) is 51.7 Å². The first-order valence-corrected chi connectivity index (χ1v) is 9.07. The van der Waals surface area contributed by atoms with Crippen LogP contribution in [0.5, 0.6) is 0 Å². The van der Waals surface area contributed by atoms with E-state index in [1.165, 1.54) is 0 Å². The highest BCUT2D eigenvalue weighted by Crippen LogP contribution is 2.26. The number of nitrogens with one attached hydrogen (secondary N) is 2. The molecular formula is C21H24N4O2. The average molecular weight is 364 g/mol. The van der Waals surface area contributed by atoms with Gasteiger partial charge in [-0.2, -0.15) is 5.10 Å². The van der Waals surface area contributed by atoms with E-state index in [2.05, 4.69) is 20.4 Å². The standard InChI is InChI=1S/C21H24N4O2/c1-25(2)13-6-5-12-19(26)22-16-9-7-8-15(14-16)20-17-10-3-4-11-18(17)21(27)24-23-20/h3-4,7-11,14H,5-6,12-13H2,1-2H3,(H,22,26)(H,24,27). The molecule has 6 nitrogen and oxygen atoms in total. The monoisotopic (exact) mass is 364 g/mol. The number of rotatable bonds is 7. The van der Waals surface area contributed by atoms with E-state index in [9.17, 15) is 9.59 Å². The van der Waals surface area contributed by atoms with Crippen molar-refractivity contribution in [1.82, 2.24) is 15.1 Å². The molecule has 0 atom stereocenters. The van der Waals surface area contributed by atoms with Crippen molar-refractivity contribution in [2.45, 2.75) is 19.3 Å². The lowest BCUT2D eigenvalue weighted by molar-refractivity contribution is -0.116. The molecule has 0 fully saturated rings. The fraction of sp³-hybridized carbons (Fsp3) is 0.286. The van der Waals surface area contributed by atoms with Crippen molar-refractivity contribution in [2.75, 3.05) is 26.0 Å². The van der Waals surface area contributed by atoms with E-state index in [0.717, 1.165) is 36.0 Å². The Morgan fingerprint density at radius 3 is 2.63 bits per heavy atom. The van der Waals surface area contributed by atoms with Crippen molar-refractivity contribution in [3.05, 3.63) is 58.9 Å². The second-order valence-corrected chi connectivity index (χ2v) is 6.84. The topological polar surface area (TPSA) is 78.1 Å². The van der Waals surface area contributed by atoms with Gasteiger partial charge in [0.2, 0.25) is 5.91 Å². The van der Waals surface area contributed by atoms with Crippen LogP contribution in [0.2, 0.25) is 0 Å². The zero-order valence-electron chi connectivity index (χ0n) is 15.7. The number of unbranched alkanes of at least 4 members (excludes halogenated alkanes) is 1. The van der Waals surface area contributed by atoms with Crippen molar-refractivity contribution in [2.24, 2.45) is 0 Å². The van der Waals surface area contributed by atoms with Gasteiger partial charge in [0.15, 0.2) is 0 Å². The van der Waals surface area contributed by atoms with E-state index in [1.807, 2.05) is 56.6 Å². The molecule has 0 unspecified atom stereocenters. The van der Waals surface area contributed by atoms with Crippen LogP contribution in [0.3, 0.4) is 0 Å². The summed E-state index contributed by atoms with van der Waals surface area (Å²) >= 11 is 0. The summed E-state index contributed by atoms with van der Waals surface area (Å²) in [4.78, 5) is 26.3. The number of hydrogen-bond donors (Lipinski definition) is 2. The highest BCUT2D eigenvalue weighted by Gasteiger charge is 2.10. The van der Waals surface area contributed by atoms with E-state index >= 15 is 0 Å². The van der Waals surface area contributed by atoms with Crippen LogP contribution in [-0.2, 0) is 4.79 Å². The predicted molar refractivity (Wildman–Crippen MR) is 109 cm³/mol. The van der Waals surface area contributed by atoms with Gasteiger partial charge in [0.05, 0.1) is 11.1 Å². The van der Waals surface area contributed by atoms with Gasteiger partial charge in [0.1, 0.15) is 0 Å². The molecule has 0 bridgehead atoms. The number of anilines is 1. The molecule has 140 valence electrons. The quantitative estimate of drug-likeness (QED) is 0.631. The Balaban J connectivity index is 1.76. The molecule has 1 aromatic heterocycles. The van der Waals surface area contributed by atoms with Crippen molar-refractivity contribution in [3.63, 3.8) is 0 Å². The van der Waals surface area contributed by atoms with E-state index in [0.29, 0.717) is 17.5 Å². The summed E-state index contributed by atoms with van der Waals surface area (Å²) in [5.74, 6) is 0.00481. The number of nitrogens with zero attached hydrogens (tertiary/aromatic N) is 2. The summed E-state index contributed by atoms with van der Waals surface area (Å²) in [5, 5.41) is 11.1. The van der Waals surface area contributed by atoms with Crippen LogP contribution in [0.25, 0.3) is 22.0 Å². The average Bonchev–Trinajstić information content (AvgIpc) is 2.66. The maximum Gasteiger partial charge on any atom is 0.272 e. The lowest BCUT2D eigenvalue weighted by atomic mass is 10.0. The number of hydrogen-bond acceptors (Lipinski definition) is 4. The fourth-order valence-electron chi connectivity index (χ4n) is 3.02. The number of benzene rings is 2. The first kappa shape index (κ1) is 18.8. The smallest absolute Gasteiger partial charge is 0.272 e. The van der Waals surface area contributed by atoms with E-state index in [4.69, 9.17) is 0 Å². The summed E-state index contributed by atoms with van der Waals surface area (Å²) in [6.45, 7) is 0.980. The molecule has 1 heterocycles. The SMILES string of the molecule is CN(C)CCCCC(=O)Nc1cccc(-c2n[nH]c(=O)c3ccccc23)c1. The fourth-order valence-corrected chi connectivity index (χ4v) is 3.02. The minimum atomic E-state index is -0.212. The Morgan fingerprint density at radius 1 is 1.07 bits per heavy atom. The van der Waals surface area contributed by atoms with Crippen LogP contribution in [0.15, 0.2) is 53.3 Å². The Hall–Kier alpha value is -2.99. The zero-order valence-corrected chi connectivity index (χ0v) is 15.7. The zero-order chi connectivity index (χ0) is 19.2. The third kappa shape index (κ3) is 4.80. The van der Waals surface area contributed by atoms with Crippen LogP contribution >= 0.6 is 0 Å². The Bertz CT molecular complexity index is 995. The van der Waals surface area contributed by atoms with Gasteiger partial charge in [0, 0.05) is 23.1 Å². The normalized spacial score (nSPS) is 11.1. The molecule has 3 rings (SSSR count). The third-order valence-electron chi connectivity index (χ3n) is 4.37. The molecule has 0 aliphatic heterocycles. The summed E-state index contributed by atoms with van der Waals surface area (Å²) in [6, 6.07) is 14.9. The minimum Gasteiger partial charge on any atom is -0.326 e.